The van der Waals surface area contributed by atoms with Crippen LogP contribution < -0.4 is 4.74 Å². The third kappa shape index (κ3) is 3.86. The van der Waals surface area contributed by atoms with Crippen molar-refractivity contribution < 1.29 is 4.74 Å². The molecule has 2 aromatic carbocycles. The molecule has 0 saturated heterocycles. The van der Waals surface area contributed by atoms with E-state index < -0.39 is 0 Å². The van der Waals surface area contributed by atoms with Gasteiger partial charge in [0, 0.05) is 0 Å². The second-order valence-electron chi connectivity index (χ2n) is 4.44. The number of aryl methyl sites for hydroxylation is 1. The van der Waals surface area contributed by atoms with Crippen molar-refractivity contribution in [2.45, 2.75) is 26.4 Å². The highest BCUT2D eigenvalue weighted by Crippen LogP contribution is 2.15. The van der Waals surface area contributed by atoms with Gasteiger partial charge in [-0.1, -0.05) is 43.3 Å². The van der Waals surface area contributed by atoms with E-state index in [9.17, 15) is 0 Å². The minimum Gasteiger partial charge on any atom is -0.489 e. The van der Waals surface area contributed by atoms with Crippen LogP contribution in [0.4, 0.5) is 0 Å². The van der Waals surface area contributed by atoms with E-state index >= 15 is 0 Å². The summed E-state index contributed by atoms with van der Waals surface area (Å²) in [7, 11) is 0. The molecule has 2 rings (SSSR count). The zero-order valence-corrected chi connectivity index (χ0v) is 11.1. The van der Waals surface area contributed by atoms with Crippen LogP contribution in [0.15, 0.2) is 48.5 Å². The molecule has 2 aromatic rings. The maximum atomic E-state index is 8.60. The highest BCUT2D eigenvalue weighted by Gasteiger charge is 1.97. The van der Waals surface area contributed by atoms with Crippen molar-refractivity contribution in [3.05, 3.63) is 65.2 Å². The van der Waals surface area contributed by atoms with Gasteiger partial charge in [0.25, 0.3) is 0 Å². The van der Waals surface area contributed by atoms with Gasteiger partial charge < -0.3 is 4.74 Å². The number of nitriles is 1. The van der Waals surface area contributed by atoms with Crippen molar-refractivity contribution >= 4 is 0 Å². The lowest BCUT2D eigenvalue weighted by molar-refractivity contribution is 0.306. The summed E-state index contributed by atoms with van der Waals surface area (Å²) in [4.78, 5) is 0. The van der Waals surface area contributed by atoms with Crippen LogP contribution in [0.3, 0.4) is 0 Å². The molecule has 0 aliphatic carbocycles. The molecule has 2 nitrogen and oxygen atoms in total. The quantitative estimate of drug-likeness (QED) is 0.807. The Balaban J connectivity index is 1.92. The summed E-state index contributed by atoms with van der Waals surface area (Å²) < 4.78 is 5.72. The number of rotatable bonds is 5. The molecule has 0 spiro atoms. The molecule has 0 bridgehead atoms. The monoisotopic (exact) mass is 251 g/mol. The normalized spacial score (nSPS) is 9.89. The van der Waals surface area contributed by atoms with Crippen LogP contribution in [0.5, 0.6) is 5.75 Å². The number of hydrogen-bond donors (Lipinski definition) is 0. The van der Waals surface area contributed by atoms with Crippen LogP contribution in [0.25, 0.3) is 0 Å². The molecule has 2 heteroatoms. The Labute approximate surface area is 114 Å². The minimum atomic E-state index is 0.443. The average molecular weight is 251 g/mol. The van der Waals surface area contributed by atoms with Crippen molar-refractivity contribution in [3.63, 3.8) is 0 Å². The van der Waals surface area contributed by atoms with Gasteiger partial charge >= 0.3 is 0 Å². The Morgan fingerprint density at radius 3 is 2.05 bits per heavy atom. The van der Waals surface area contributed by atoms with Gasteiger partial charge in [-0.05, 0) is 35.2 Å². The highest BCUT2D eigenvalue weighted by molar-refractivity contribution is 5.29. The molecule has 0 unspecified atom stereocenters. The molecule has 0 aliphatic rings. The predicted octanol–water partition coefficient (Wildman–Crippen LogP) is 3.89. The zero-order valence-electron chi connectivity index (χ0n) is 11.1. The van der Waals surface area contributed by atoms with Crippen LogP contribution in [0, 0.1) is 11.3 Å². The summed E-state index contributed by atoms with van der Waals surface area (Å²) in [6, 6.07) is 18.3. The summed E-state index contributed by atoms with van der Waals surface area (Å²) >= 11 is 0. The van der Waals surface area contributed by atoms with E-state index in [1.54, 1.807) is 0 Å². The summed E-state index contributed by atoms with van der Waals surface area (Å²) in [6.07, 6.45) is 1.50. The van der Waals surface area contributed by atoms with E-state index in [1.165, 1.54) is 11.1 Å². The third-order valence-electron chi connectivity index (χ3n) is 3.04. The standard InChI is InChI=1S/C17H17NO/c1-2-14-3-5-16(6-4-14)13-19-17-9-7-15(8-10-17)11-12-18/h3-10H,2,11,13H2,1H3. The molecule has 0 N–H and O–H groups in total. The van der Waals surface area contributed by atoms with Gasteiger partial charge in [-0.25, -0.2) is 0 Å². The van der Waals surface area contributed by atoms with Gasteiger partial charge in [-0.2, -0.15) is 5.26 Å². The fraction of sp³-hybridized carbons (Fsp3) is 0.235. The lowest BCUT2D eigenvalue weighted by Crippen LogP contribution is -1.95. The third-order valence-corrected chi connectivity index (χ3v) is 3.04. The molecule has 0 aromatic heterocycles. The Kier molecular flexibility index (Phi) is 4.58. The van der Waals surface area contributed by atoms with Crippen molar-refractivity contribution in [2.24, 2.45) is 0 Å². The number of benzene rings is 2. The molecule has 0 aliphatic heterocycles. The van der Waals surface area contributed by atoms with Crippen molar-refractivity contribution in [2.75, 3.05) is 0 Å². The van der Waals surface area contributed by atoms with Crippen molar-refractivity contribution in [1.29, 1.82) is 5.26 Å². The molecular weight excluding hydrogens is 234 g/mol. The van der Waals surface area contributed by atoms with Gasteiger partial charge in [0.05, 0.1) is 12.5 Å². The molecule has 0 atom stereocenters. The van der Waals surface area contributed by atoms with Crippen LogP contribution >= 0.6 is 0 Å². The first-order chi connectivity index (χ1) is 9.31. The smallest absolute Gasteiger partial charge is 0.119 e. The second-order valence-corrected chi connectivity index (χ2v) is 4.44. The van der Waals surface area contributed by atoms with E-state index in [4.69, 9.17) is 10.00 Å². The minimum absolute atomic E-state index is 0.443. The van der Waals surface area contributed by atoms with Gasteiger partial charge in [-0.3, -0.25) is 0 Å². The molecule has 0 amide bonds. The second kappa shape index (κ2) is 6.61. The molecule has 0 saturated carbocycles. The maximum absolute atomic E-state index is 8.60. The average Bonchev–Trinajstić information content (AvgIpc) is 2.47. The Morgan fingerprint density at radius 1 is 0.895 bits per heavy atom. The summed E-state index contributed by atoms with van der Waals surface area (Å²) in [5, 5.41) is 8.60. The Bertz CT molecular complexity index is 549. The van der Waals surface area contributed by atoms with Crippen LogP contribution in [-0.4, -0.2) is 0 Å². The van der Waals surface area contributed by atoms with Gasteiger partial charge in [0.15, 0.2) is 0 Å². The lowest BCUT2D eigenvalue weighted by Gasteiger charge is -2.07. The van der Waals surface area contributed by atoms with E-state index in [2.05, 4.69) is 37.3 Å². The van der Waals surface area contributed by atoms with E-state index in [-0.39, 0.29) is 0 Å². The van der Waals surface area contributed by atoms with Crippen LogP contribution in [-0.2, 0) is 19.4 Å². The highest BCUT2D eigenvalue weighted by atomic mass is 16.5. The summed E-state index contributed by atoms with van der Waals surface area (Å²) in [5.74, 6) is 0.834. The van der Waals surface area contributed by atoms with Crippen molar-refractivity contribution in [1.82, 2.24) is 0 Å². The van der Waals surface area contributed by atoms with E-state index in [0.29, 0.717) is 13.0 Å². The SMILES string of the molecule is CCc1ccc(COc2ccc(CC#N)cc2)cc1. The number of nitrogens with zero attached hydrogens (tertiary/aromatic N) is 1. The first kappa shape index (κ1) is 13.2. The summed E-state index contributed by atoms with van der Waals surface area (Å²) in [5.41, 5.74) is 3.52. The molecule has 19 heavy (non-hydrogen) atoms. The maximum Gasteiger partial charge on any atom is 0.119 e. The Hall–Kier alpha value is -2.27. The zero-order chi connectivity index (χ0) is 13.5. The van der Waals surface area contributed by atoms with Gasteiger partial charge in [0.2, 0.25) is 0 Å². The number of hydrogen-bond acceptors (Lipinski definition) is 2. The van der Waals surface area contributed by atoms with E-state index in [0.717, 1.165) is 17.7 Å². The molecular formula is C17H17NO. The fourth-order valence-electron chi connectivity index (χ4n) is 1.83. The molecule has 0 fully saturated rings. The van der Waals surface area contributed by atoms with Crippen molar-refractivity contribution in [3.8, 4) is 11.8 Å². The first-order valence-corrected chi connectivity index (χ1v) is 6.48. The molecule has 96 valence electrons. The lowest BCUT2D eigenvalue weighted by atomic mass is 10.1. The predicted molar refractivity (Wildman–Crippen MR) is 75.9 cm³/mol. The first-order valence-electron chi connectivity index (χ1n) is 6.48. The van der Waals surface area contributed by atoms with E-state index in [1.807, 2.05) is 24.3 Å². The molecule has 0 radical (unpaired) electrons. The summed E-state index contributed by atoms with van der Waals surface area (Å²) in [6.45, 7) is 2.72. The van der Waals surface area contributed by atoms with Gasteiger partial charge in [0.1, 0.15) is 12.4 Å². The molecule has 0 heterocycles. The van der Waals surface area contributed by atoms with Crippen LogP contribution in [0.1, 0.15) is 23.6 Å². The fourth-order valence-corrected chi connectivity index (χ4v) is 1.83. The van der Waals surface area contributed by atoms with Gasteiger partial charge in [-0.15, -0.1) is 0 Å². The number of ether oxygens (including phenoxy) is 1. The Morgan fingerprint density at radius 2 is 1.47 bits per heavy atom. The van der Waals surface area contributed by atoms with Crippen LogP contribution in [0.2, 0.25) is 0 Å². The largest absolute Gasteiger partial charge is 0.489 e. The topological polar surface area (TPSA) is 33.0 Å².